The molecule has 1 atom stereocenters. The number of aryl methyl sites for hydroxylation is 1. The van der Waals surface area contributed by atoms with E-state index in [2.05, 4.69) is 0 Å². The Morgan fingerprint density at radius 1 is 1.12 bits per heavy atom. The van der Waals surface area contributed by atoms with Crippen LogP contribution in [0.5, 0.6) is 0 Å². The van der Waals surface area contributed by atoms with Gasteiger partial charge in [0.05, 0.1) is 16.5 Å². The largest absolute Gasteiger partial charge is 0.419 e. The summed E-state index contributed by atoms with van der Waals surface area (Å²) in [6, 6.07) is 7.22. The summed E-state index contributed by atoms with van der Waals surface area (Å²) in [6.07, 6.45) is 1.57. The Kier molecular flexibility index (Phi) is 6.59. The quantitative estimate of drug-likeness (QED) is 0.504. The van der Waals surface area contributed by atoms with Crippen LogP contribution in [0.4, 0.5) is 8.78 Å². The van der Waals surface area contributed by atoms with E-state index in [1.807, 2.05) is 0 Å². The zero-order valence-corrected chi connectivity index (χ0v) is 19.6. The van der Waals surface area contributed by atoms with E-state index in [1.165, 1.54) is 38.0 Å². The van der Waals surface area contributed by atoms with Gasteiger partial charge in [-0.1, -0.05) is 6.07 Å². The maximum absolute atomic E-state index is 13.6. The van der Waals surface area contributed by atoms with E-state index in [9.17, 15) is 26.8 Å². The average molecular weight is 494 g/mol. The first-order chi connectivity index (χ1) is 16.1. The molecule has 1 saturated heterocycles. The lowest BCUT2D eigenvalue weighted by Gasteiger charge is -2.25. The molecule has 3 aromatic rings. The van der Waals surface area contributed by atoms with Gasteiger partial charge in [-0.05, 0) is 49.6 Å². The molecule has 1 aromatic heterocycles. The van der Waals surface area contributed by atoms with Crippen molar-refractivity contribution in [2.45, 2.75) is 43.7 Å². The SMILES string of the molecule is CC(c1ccc(F)c(F)c1)N(C)C(=O)CCn1c(=O)oc2cc(S(=O)(=O)N3CCCC3)ccc21. The highest BCUT2D eigenvalue weighted by Crippen LogP contribution is 2.25. The normalized spacial score (nSPS) is 15.6. The lowest BCUT2D eigenvalue weighted by Crippen LogP contribution is -2.31. The summed E-state index contributed by atoms with van der Waals surface area (Å²) in [5, 5.41) is 0. The third-order valence-corrected chi connectivity index (χ3v) is 8.19. The van der Waals surface area contributed by atoms with E-state index in [0.717, 1.165) is 25.0 Å². The van der Waals surface area contributed by atoms with Crippen LogP contribution in [0.15, 0.2) is 50.5 Å². The molecular weight excluding hydrogens is 468 g/mol. The highest BCUT2D eigenvalue weighted by Gasteiger charge is 2.28. The highest BCUT2D eigenvalue weighted by molar-refractivity contribution is 7.89. The van der Waals surface area contributed by atoms with Crippen LogP contribution in [-0.2, 0) is 21.4 Å². The zero-order valence-electron chi connectivity index (χ0n) is 18.8. The molecule has 0 saturated carbocycles. The van der Waals surface area contributed by atoms with Gasteiger partial charge >= 0.3 is 5.76 Å². The molecule has 1 aliphatic heterocycles. The monoisotopic (exact) mass is 493 g/mol. The minimum Gasteiger partial charge on any atom is -0.408 e. The van der Waals surface area contributed by atoms with E-state index in [4.69, 9.17) is 4.42 Å². The molecule has 1 amide bonds. The molecule has 11 heteroatoms. The predicted octanol–water partition coefficient (Wildman–Crippen LogP) is 3.27. The number of amides is 1. The van der Waals surface area contributed by atoms with Gasteiger partial charge in [0.1, 0.15) is 0 Å². The summed E-state index contributed by atoms with van der Waals surface area (Å²) in [5.74, 6) is -2.97. The van der Waals surface area contributed by atoms with Crippen molar-refractivity contribution in [3.05, 3.63) is 64.1 Å². The molecule has 182 valence electrons. The molecule has 4 rings (SSSR count). The molecule has 0 radical (unpaired) electrons. The molecule has 8 nitrogen and oxygen atoms in total. The first-order valence-corrected chi connectivity index (χ1v) is 12.4. The molecule has 1 unspecified atom stereocenters. The summed E-state index contributed by atoms with van der Waals surface area (Å²) in [4.78, 5) is 26.6. The van der Waals surface area contributed by atoms with Crippen LogP contribution in [-0.4, -0.2) is 48.2 Å². The van der Waals surface area contributed by atoms with Gasteiger partial charge < -0.3 is 9.32 Å². The van der Waals surface area contributed by atoms with E-state index in [0.29, 0.717) is 24.2 Å². The highest BCUT2D eigenvalue weighted by atomic mass is 32.2. The number of hydrogen-bond acceptors (Lipinski definition) is 5. The number of benzene rings is 2. The second kappa shape index (κ2) is 9.30. The van der Waals surface area contributed by atoms with Gasteiger partial charge in [0.15, 0.2) is 17.2 Å². The Labute approximate surface area is 195 Å². The third-order valence-electron chi connectivity index (χ3n) is 6.29. The first-order valence-electron chi connectivity index (χ1n) is 10.9. The molecule has 0 N–H and O–H groups in total. The van der Waals surface area contributed by atoms with Gasteiger partial charge in [0.2, 0.25) is 15.9 Å². The molecule has 1 aliphatic rings. The van der Waals surface area contributed by atoms with E-state index in [1.54, 1.807) is 14.0 Å². The Balaban J connectivity index is 1.49. The molecular formula is C23H25F2N3O5S. The zero-order chi connectivity index (χ0) is 24.6. The number of rotatable bonds is 7. The Morgan fingerprint density at radius 2 is 1.82 bits per heavy atom. The van der Waals surface area contributed by atoms with Crippen molar-refractivity contribution in [2.24, 2.45) is 0 Å². The topological polar surface area (TPSA) is 92.8 Å². The number of sulfonamides is 1. The van der Waals surface area contributed by atoms with Crippen molar-refractivity contribution >= 4 is 27.0 Å². The number of carbonyl (C=O) groups is 1. The van der Waals surface area contributed by atoms with E-state index >= 15 is 0 Å². The van der Waals surface area contributed by atoms with Crippen LogP contribution < -0.4 is 5.76 Å². The van der Waals surface area contributed by atoms with Gasteiger partial charge in [-0.3, -0.25) is 9.36 Å². The van der Waals surface area contributed by atoms with Crippen LogP contribution in [0.2, 0.25) is 0 Å². The van der Waals surface area contributed by atoms with Gasteiger partial charge in [0, 0.05) is 39.2 Å². The van der Waals surface area contributed by atoms with Gasteiger partial charge in [-0.25, -0.2) is 22.0 Å². The molecule has 0 aliphatic carbocycles. The van der Waals surface area contributed by atoms with Crippen LogP contribution in [0, 0.1) is 11.6 Å². The van der Waals surface area contributed by atoms with Crippen molar-refractivity contribution in [1.82, 2.24) is 13.8 Å². The maximum atomic E-state index is 13.6. The van der Waals surface area contributed by atoms with Crippen molar-refractivity contribution in [1.29, 1.82) is 0 Å². The predicted molar refractivity (Wildman–Crippen MR) is 121 cm³/mol. The molecule has 2 heterocycles. The van der Waals surface area contributed by atoms with Crippen molar-refractivity contribution in [3.63, 3.8) is 0 Å². The van der Waals surface area contributed by atoms with Crippen molar-refractivity contribution < 1.29 is 26.4 Å². The first kappa shape index (κ1) is 24.1. The van der Waals surface area contributed by atoms with Gasteiger partial charge in [-0.2, -0.15) is 4.31 Å². The minimum absolute atomic E-state index is 0.0116. The minimum atomic E-state index is -3.66. The fourth-order valence-corrected chi connectivity index (χ4v) is 5.63. The second-order valence-corrected chi connectivity index (χ2v) is 10.3. The maximum Gasteiger partial charge on any atom is 0.419 e. The Bertz CT molecular complexity index is 1390. The molecule has 1 fully saturated rings. The molecule has 0 spiro atoms. The fraction of sp³-hybridized carbons (Fsp3) is 0.391. The Hall–Kier alpha value is -3.05. The number of aromatic nitrogens is 1. The molecule has 0 bridgehead atoms. The van der Waals surface area contributed by atoms with E-state index < -0.39 is 33.5 Å². The van der Waals surface area contributed by atoms with Crippen LogP contribution in [0.25, 0.3) is 11.1 Å². The van der Waals surface area contributed by atoms with Gasteiger partial charge in [0.25, 0.3) is 0 Å². The standard InChI is InChI=1S/C23H25F2N3O5S/c1-15(16-5-7-18(24)19(25)13-16)26(2)22(29)9-12-28-20-8-6-17(14-21(20)33-23(28)30)34(31,32)27-10-3-4-11-27/h5-8,13-15H,3-4,9-12H2,1-2H3. The van der Waals surface area contributed by atoms with Crippen molar-refractivity contribution in [2.75, 3.05) is 20.1 Å². The average Bonchev–Trinajstić information content (AvgIpc) is 3.46. The lowest BCUT2D eigenvalue weighted by atomic mass is 10.1. The smallest absolute Gasteiger partial charge is 0.408 e. The Morgan fingerprint density at radius 3 is 2.50 bits per heavy atom. The van der Waals surface area contributed by atoms with Crippen LogP contribution in [0.3, 0.4) is 0 Å². The number of hydrogen-bond donors (Lipinski definition) is 0. The summed E-state index contributed by atoms with van der Waals surface area (Å²) in [5.41, 5.74) is 0.947. The summed E-state index contributed by atoms with van der Waals surface area (Å²) in [6.45, 7) is 2.62. The van der Waals surface area contributed by atoms with Crippen LogP contribution >= 0.6 is 0 Å². The number of nitrogens with zero attached hydrogens (tertiary/aromatic N) is 3. The number of halogens is 2. The molecule has 34 heavy (non-hydrogen) atoms. The summed E-state index contributed by atoms with van der Waals surface area (Å²) in [7, 11) is -2.12. The number of oxazole rings is 1. The summed E-state index contributed by atoms with van der Waals surface area (Å²) < 4.78 is 60.3. The molecule has 2 aromatic carbocycles. The van der Waals surface area contributed by atoms with Gasteiger partial charge in [-0.15, -0.1) is 0 Å². The van der Waals surface area contributed by atoms with Crippen LogP contribution in [0.1, 0.15) is 37.8 Å². The summed E-state index contributed by atoms with van der Waals surface area (Å²) >= 11 is 0. The fourth-order valence-electron chi connectivity index (χ4n) is 4.09. The second-order valence-electron chi connectivity index (χ2n) is 8.36. The van der Waals surface area contributed by atoms with Crippen molar-refractivity contribution in [3.8, 4) is 0 Å². The number of carbonyl (C=O) groups excluding carboxylic acids is 1. The third kappa shape index (κ3) is 4.49. The number of fused-ring (bicyclic) bond motifs is 1. The lowest BCUT2D eigenvalue weighted by molar-refractivity contribution is -0.132. The van der Waals surface area contributed by atoms with E-state index in [-0.39, 0.29) is 29.4 Å².